The molecule has 1 aliphatic heterocycles. The van der Waals surface area contributed by atoms with Gasteiger partial charge in [0.15, 0.2) is 0 Å². The van der Waals surface area contributed by atoms with Gasteiger partial charge < -0.3 is 12.5 Å². The normalized spacial score (nSPS) is 28.1. The van der Waals surface area contributed by atoms with E-state index in [0.717, 1.165) is 11.5 Å². The number of aryl methyl sites for hydroxylation is 1. The molecule has 1 aromatic rings. The first kappa shape index (κ1) is 28.7. The molecule has 5 atom stereocenters. The molecule has 1 aromatic carbocycles. The zero-order valence-electron chi connectivity index (χ0n) is 20.2. The predicted octanol–water partition coefficient (Wildman–Crippen LogP) is 8.03. The molecule has 1 aliphatic carbocycles. The van der Waals surface area contributed by atoms with E-state index in [4.69, 9.17) is 18.6 Å². The zero-order chi connectivity index (χ0) is 22.3. The van der Waals surface area contributed by atoms with Gasteiger partial charge in [-0.3, -0.25) is 0 Å². The molecule has 1 fully saturated rings. The summed E-state index contributed by atoms with van der Waals surface area (Å²) in [5.74, 6) is 2.73. The van der Waals surface area contributed by atoms with Crippen LogP contribution >= 0.6 is 30.4 Å². The molecule has 170 valence electrons. The van der Waals surface area contributed by atoms with E-state index in [1.54, 1.807) is 0 Å². The summed E-state index contributed by atoms with van der Waals surface area (Å²) in [6.45, 7) is 21.0. The number of benzene rings is 1. The summed E-state index contributed by atoms with van der Waals surface area (Å²) >= 11 is 1.55. The van der Waals surface area contributed by atoms with E-state index in [9.17, 15) is 5.11 Å². The van der Waals surface area contributed by atoms with E-state index in [2.05, 4.69) is 91.5 Å². The van der Waals surface area contributed by atoms with Gasteiger partial charge in [-0.1, -0.05) is 71.5 Å². The fourth-order valence-corrected chi connectivity index (χ4v) is 12.7. The average Bonchev–Trinajstić information content (AvgIpc) is 3.05. The maximum atomic E-state index is 11.3. The summed E-state index contributed by atoms with van der Waals surface area (Å²) in [6.07, 6.45) is 2.53. The molecule has 1 N–H and O–H groups in total. The second-order valence-corrected chi connectivity index (χ2v) is 19.1. The first-order valence-corrected chi connectivity index (χ1v) is 18.7. The third-order valence-corrected chi connectivity index (χ3v) is 13.0. The van der Waals surface area contributed by atoms with Crippen LogP contribution in [0.25, 0.3) is 0 Å². The molecular weight excluding hydrogens is 483 g/mol. The van der Waals surface area contributed by atoms with Crippen LogP contribution in [0.4, 0.5) is 0 Å². The number of allylic oxidation sites excluding steroid dienone is 2. The van der Waals surface area contributed by atoms with Gasteiger partial charge in [-0.2, -0.15) is 0 Å². The SMILES string of the molecule is CC1=CC2C(C)C(C)C([Si](C)(C)c3cc(C)cc(C(C)(C)C)c3O)C2S1.[CH3-].[Cl][Ti][Cl]. The number of phenolic OH excluding ortho intramolecular Hbond substituents is 1. The van der Waals surface area contributed by atoms with Crippen molar-refractivity contribution in [2.75, 3.05) is 0 Å². The molecule has 3 rings (SSSR count). The second-order valence-electron chi connectivity index (χ2n) is 10.4. The Labute approximate surface area is 207 Å². The van der Waals surface area contributed by atoms with Crippen LogP contribution in [0.1, 0.15) is 52.7 Å². The number of halogens is 2. The molecule has 0 aromatic heterocycles. The van der Waals surface area contributed by atoms with Crippen LogP contribution in [0.3, 0.4) is 0 Å². The quantitative estimate of drug-likeness (QED) is 0.314. The molecule has 30 heavy (non-hydrogen) atoms. The summed E-state index contributed by atoms with van der Waals surface area (Å²) < 4.78 is 0. The Bertz CT molecular complexity index is 775. The van der Waals surface area contributed by atoms with Crippen LogP contribution in [0, 0.1) is 32.1 Å². The van der Waals surface area contributed by atoms with Gasteiger partial charge in [-0.15, -0.1) is 11.8 Å². The number of fused-ring (bicyclic) bond motifs is 1. The zero-order valence-corrected chi connectivity index (χ0v) is 25.1. The topological polar surface area (TPSA) is 20.2 Å². The first-order valence-electron chi connectivity index (χ1n) is 10.4. The van der Waals surface area contributed by atoms with Gasteiger partial charge in [-0.05, 0) is 58.2 Å². The number of thioether (sulfide) groups is 1. The van der Waals surface area contributed by atoms with Crippen molar-refractivity contribution in [1.29, 1.82) is 0 Å². The Morgan fingerprint density at radius 1 is 1.07 bits per heavy atom. The van der Waals surface area contributed by atoms with Crippen molar-refractivity contribution < 1.29 is 22.1 Å². The molecule has 0 saturated heterocycles. The molecule has 0 amide bonds. The Hall–Kier alpha value is 0.621. The van der Waals surface area contributed by atoms with Crippen LogP contribution in [0.15, 0.2) is 23.1 Å². The Kier molecular flexibility index (Phi) is 10.2. The van der Waals surface area contributed by atoms with Crippen LogP contribution in [-0.2, 0) is 22.4 Å². The monoisotopic (exact) mass is 521 g/mol. The van der Waals surface area contributed by atoms with Crippen LogP contribution < -0.4 is 5.19 Å². The van der Waals surface area contributed by atoms with Crippen molar-refractivity contribution in [1.82, 2.24) is 0 Å². The summed E-state index contributed by atoms with van der Waals surface area (Å²) in [7, 11) is 7.92. The van der Waals surface area contributed by atoms with Crippen molar-refractivity contribution in [3.05, 3.63) is 41.7 Å². The van der Waals surface area contributed by atoms with Crippen LogP contribution in [0.5, 0.6) is 5.75 Å². The standard InChI is InChI=1S/C23H36OSSi.CH3.2ClH.Ti/c1-13-10-18(23(5,6)7)20(24)19(11-13)26(8,9)22-16(4)15(3)17-12-14(2)25-21(17)22;;;;/h10-12,15-17,21-22,24H,1-9H3;1H3;2*1H;/q;-1;;;+2/p-2. The van der Waals surface area contributed by atoms with E-state index < -0.39 is 25.1 Å². The number of rotatable bonds is 2. The first-order chi connectivity index (χ1) is 13.3. The van der Waals surface area contributed by atoms with Crippen LogP contribution in [0.2, 0.25) is 18.6 Å². The molecule has 1 heterocycles. The van der Waals surface area contributed by atoms with E-state index in [1.807, 2.05) is 0 Å². The third kappa shape index (κ3) is 5.57. The van der Waals surface area contributed by atoms with E-state index >= 15 is 0 Å². The third-order valence-electron chi connectivity index (χ3n) is 7.08. The van der Waals surface area contributed by atoms with Gasteiger partial charge in [0, 0.05) is 5.25 Å². The van der Waals surface area contributed by atoms with Gasteiger partial charge in [0.25, 0.3) is 0 Å². The van der Waals surface area contributed by atoms with Gasteiger partial charge in [-0.25, -0.2) is 0 Å². The number of hydrogen-bond donors (Lipinski definition) is 1. The molecule has 2 aliphatic rings. The van der Waals surface area contributed by atoms with Crippen molar-refractivity contribution in [2.24, 2.45) is 17.8 Å². The maximum absolute atomic E-state index is 11.3. The minimum absolute atomic E-state index is 0. The average molecular weight is 523 g/mol. The summed E-state index contributed by atoms with van der Waals surface area (Å²) in [5, 5.41) is 13.3. The van der Waals surface area contributed by atoms with Crippen molar-refractivity contribution in [3.8, 4) is 5.75 Å². The van der Waals surface area contributed by atoms with Gasteiger partial charge in [0.2, 0.25) is 0 Å². The fraction of sp³-hybridized carbons (Fsp3) is 0.625. The molecule has 1 saturated carbocycles. The molecule has 0 spiro atoms. The van der Waals surface area contributed by atoms with Crippen molar-refractivity contribution in [3.63, 3.8) is 0 Å². The summed E-state index contributed by atoms with van der Waals surface area (Å²) in [6, 6.07) is 4.48. The van der Waals surface area contributed by atoms with Crippen molar-refractivity contribution >= 4 is 43.6 Å². The van der Waals surface area contributed by atoms with E-state index in [0.29, 0.717) is 28.4 Å². The Morgan fingerprint density at radius 3 is 2.10 bits per heavy atom. The molecule has 1 nitrogen and oxygen atoms in total. The summed E-state index contributed by atoms with van der Waals surface area (Å²) in [4.78, 5) is 1.50. The van der Waals surface area contributed by atoms with Gasteiger partial charge in [0.05, 0.1) is 8.07 Å². The van der Waals surface area contributed by atoms with Gasteiger partial charge >= 0.3 is 35.6 Å². The molecular formula is C24H39Cl2OSSiTi-. The predicted molar refractivity (Wildman–Crippen MR) is 137 cm³/mol. The number of hydrogen-bond acceptors (Lipinski definition) is 2. The molecule has 6 heteroatoms. The van der Waals surface area contributed by atoms with E-state index in [-0.39, 0.29) is 12.8 Å². The van der Waals surface area contributed by atoms with E-state index in [1.165, 1.54) is 15.7 Å². The molecule has 5 unspecified atom stereocenters. The summed E-state index contributed by atoms with van der Waals surface area (Å²) in [5.41, 5.74) is 3.05. The molecule has 0 bridgehead atoms. The fourth-order valence-electron chi connectivity index (χ4n) is 5.53. The second kappa shape index (κ2) is 10.7. The van der Waals surface area contributed by atoms with Crippen molar-refractivity contribution in [2.45, 2.75) is 77.8 Å². The Balaban J connectivity index is 0.00000106. The van der Waals surface area contributed by atoms with Gasteiger partial charge in [0.1, 0.15) is 5.75 Å². The number of phenols is 1. The van der Waals surface area contributed by atoms with Crippen LogP contribution in [-0.4, -0.2) is 18.4 Å². The minimum atomic E-state index is -1.86. The molecule has 0 radical (unpaired) electrons. The Morgan fingerprint density at radius 2 is 1.60 bits per heavy atom. The number of aromatic hydroxyl groups is 1.